The maximum Gasteiger partial charge on any atom is 0.266 e. The summed E-state index contributed by atoms with van der Waals surface area (Å²) in [4.78, 5) is 12.6. The van der Waals surface area contributed by atoms with Crippen LogP contribution in [-0.2, 0) is 11.4 Å². The normalized spacial score (nSPS) is 10.9. The summed E-state index contributed by atoms with van der Waals surface area (Å²) in [6.07, 6.45) is 1.47. The van der Waals surface area contributed by atoms with E-state index in [1.807, 2.05) is 25.1 Å². The Labute approximate surface area is 207 Å². The Balaban J connectivity index is 1.78. The number of ether oxygens (including phenoxy) is 2. The number of nitrogens with one attached hydrogen (secondary N) is 1. The number of anilines is 1. The first-order valence-electron chi connectivity index (χ1n) is 9.91. The summed E-state index contributed by atoms with van der Waals surface area (Å²) in [5.74, 6) is 0.455. The number of rotatable bonds is 8. The lowest BCUT2D eigenvalue weighted by atomic mass is 10.1. The summed E-state index contributed by atoms with van der Waals surface area (Å²) in [7, 11) is 0. The third-order valence-electron chi connectivity index (χ3n) is 4.37. The van der Waals surface area contributed by atoms with Crippen molar-refractivity contribution in [2.24, 2.45) is 0 Å². The second kappa shape index (κ2) is 11.6. The van der Waals surface area contributed by atoms with Gasteiger partial charge < -0.3 is 14.8 Å². The van der Waals surface area contributed by atoms with Crippen LogP contribution in [0, 0.1) is 11.3 Å². The minimum absolute atomic E-state index is 0.0941. The van der Waals surface area contributed by atoms with Gasteiger partial charge in [0.25, 0.3) is 5.91 Å². The molecule has 0 saturated heterocycles. The molecule has 0 spiro atoms. The standard InChI is InChI=1S/C25H19Cl3N2O3/c1-2-32-24-10-17(5-8-23(24)33-15-16-3-6-19(26)7-4-16)9-18(14-29)25(31)30-22-12-20(27)11-21(28)13-22/h3-13H,2,15H2,1H3,(H,30,31)/b18-9-. The summed E-state index contributed by atoms with van der Waals surface area (Å²) < 4.78 is 11.6. The van der Waals surface area contributed by atoms with Crippen molar-refractivity contribution in [2.45, 2.75) is 13.5 Å². The van der Waals surface area contributed by atoms with E-state index in [-0.39, 0.29) is 5.57 Å². The molecular formula is C25H19Cl3N2O3. The van der Waals surface area contributed by atoms with Crippen molar-refractivity contribution in [3.8, 4) is 17.6 Å². The number of hydrogen-bond acceptors (Lipinski definition) is 4. The van der Waals surface area contributed by atoms with Gasteiger partial charge in [-0.05, 0) is 66.6 Å². The fourth-order valence-corrected chi connectivity index (χ4v) is 3.54. The highest BCUT2D eigenvalue weighted by atomic mass is 35.5. The van der Waals surface area contributed by atoms with Crippen molar-refractivity contribution in [3.63, 3.8) is 0 Å². The molecule has 0 heterocycles. The van der Waals surface area contributed by atoms with Crippen LogP contribution in [0.25, 0.3) is 6.08 Å². The quantitative estimate of drug-likeness (QED) is 0.262. The van der Waals surface area contributed by atoms with Gasteiger partial charge in [0.05, 0.1) is 6.61 Å². The third kappa shape index (κ3) is 7.16. The average molecular weight is 502 g/mol. The Hall–Kier alpha value is -3.17. The van der Waals surface area contributed by atoms with E-state index in [0.29, 0.717) is 51.0 Å². The SMILES string of the molecule is CCOc1cc(/C=C(/C#N)C(=O)Nc2cc(Cl)cc(Cl)c2)ccc1OCc1ccc(Cl)cc1. The molecule has 0 saturated carbocycles. The zero-order chi connectivity index (χ0) is 23.8. The highest BCUT2D eigenvalue weighted by Crippen LogP contribution is 2.30. The Bertz CT molecular complexity index is 1200. The molecule has 33 heavy (non-hydrogen) atoms. The topological polar surface area (TPSA) is 71.3 Å². The lowest BCUT2D eigenvalue weighted by Gasteiger charge is -2.13. The number of carbonyl (C=O) groups is 1. The molecular weight excluding hydrogens is 483 g/mol. The first-order chi connectivity index (χ1) is 15.9. The maximum absolute atomic E-state index is 12.6. The van der Waals surface area contributed by atoms with Gasteiger partial charge in [0.15, 0.2) is 11.5 Å². The van der Waals surface area contributed by atoms with Gasteiger partial charge in [0.1, 0.15) is 18.2 Å². The van der Waals surface area contributed by atoms with Gasteiger partial charge in [-0.1, -0.05) is 53.0 Å². The van der Waals surface area contributed by atoms with Crippen molar-refractivity contribution >= 4 is 52.5 Å². The van der Waals surface area contributed by atoms with Crippen LogP contribution in [0.15, 0.2) is 66.2 Å². The van der Waals surface area contributed by atoms with Gasteiger partial charge in [0.2, 0.25) is 0 Å². The van der Waals surface area contributed by atoms with Crippen LogP contribution in [0.1, 0.15) is 18.1 Å². The minimum atomic E-state index is -0.586. The Morgan fingerprint density at radius 3 is 2.27 bits per heavy atom. The van der Waals surface area contributed by atoms with Crippen LogP contribution in [0.4, 0.5) is 5.69 Å². The van der Waals surface area contributed by atoms with E-state index in [4.69, 9.17) is 44.3 Å². The van der Waals surface area contributed by atoms with Crippen LogP contribution >= 0.6 is 34.8 Å². The predicted molar refractivity (Wildman–Crippen MR) is 132 cm³/mol. The number of hydrogen-bond donors (Lipinski definition) is 1. The van der Waals surface area contributed by atoms with Gasteiger partial charge in [-0.15, -0.1) is 0 Å². The third-order valence-corrected chi connectivity index (χ3v) is 5.06. The van der Waals surface area contributed by atoms with Crippen molar-refractivity contribution in [1.29, 1.82) is 5.26 Å². The molecule has 5 nitrogen and oxygen atoms in total. The van der Waals surface area contributed by atoms with Crippen LogP contribution in [0.5, 0.6) is 11.5 Å². The number of halogens is 3. The summed E-state index contributed by atoms with van der Waals surface area (Å²) in [6, 6.07) is 19.1. The monoisotopic (exact) mass is 500 g/mol. The fourth-order valence-electron chi connectivity index (χ4n) is 2.88. The van der Waals surface area contributed by atoms with Crippen molar-refractivity contribution < 1.29 is 14.3 Å². The molecule has 0 fully saturated rings. The molecule has 0 aliphatic carbocycles. The highest BCUT2D eigenvalue weighted by molar-refractivity contribution is 6.35. The van der Waals surface area contributed by atoms with Crippen LogP contribution in [-0.4, -0.2) is 12.5 Å². The molecule has 3 aromatic rings. The van der Waals surface area contributed by atoms with E-state index in [2.05, 4.69) is 5.32 Å². The molecule has 0 aliphatic rings. The number of nitriles is 1. The van der Waals surface area contributed by atoms with E-state index in [1.54, 1.807) is 48.5 Å². The molecule has 1 amide bonds. The highest BCUT2D eigenvalue weighted by Gasteiger charge is 2.12. The van der Waals surface area contributed by atoms with E-state index in [0.717, 1.165) is 5.56 Å². The molecule has 3 rings (SSSR count). The van der Waals surface area contributed by atoms with Crippen molar-refractivity contribution in [3.05, 3.63) is 92.4 Å². The van der Waals surface area contributed by atoms with Crippen molar-refractivity contribution in [2.75, 3.05) is 11.9 Å². The molecule has 8 heteroatoms. The van der Waals surface area contributed by atoms with E-state index < -0.39 is 5.91 Å². The van der Waals surface area contributed by atoms with Crippen molar-refractivity contribution in [1.82, 2.24) is 0 Å². The van der Waals surface area contributed by atoms with Crippen LogP contribution in [0.2, 0.25) is 15.1 Å². The molecule has 3 aromatic carbocycles. The van der Waals surface area contributed by atoms with Gasteiger partial charge in [-0.25, -0.2) is 0 Å². The van der Waals surface area contributed by atoms with Gasteiger partial charge in [-0.3, -0.25) is 4.79 Å². The molecule has 0 aromatic heterocycles. The van der Waals surface area contributed by atoms with Gasteiger partial charge >= 0.3 is 0 Å². The lowest BCUT2D eigenvalue weighted by molar-refractivity contribution is -0.112. The second-order valence-corrected chi connectivity index (χ2v) is 8.15. The van der Waals surface area contributed by atoms with Crippen LogP contribution < -0.4 is 14.8 Å². The molecule has 168 valence electrons. The van der Waals surface area contributed by atoms with Gasteiger partial charge in [-0.2, -0.15) is 5.26 Å². The Morgan fingerprint density at radius 2 is 1.64 bits per heavy atom. The van der Waals surface area contributed by atoms with E-state index in [9.17, 15) is 10.1 Å². The van der Waals surface area contributed by atoms with Gasteiger partial charge in [0, 0.05) is 20.8 Å². The molecule has 0 radical (unpaired) electrons. The number of amides is 1. The zero-order valence-electron chi connectivity index (χ0n) is 17.6. The zero-order valence-corrected chi connectivity index (χ0v) is 19.8. The second-order valence-electron chi connectivity index (χ2n) is 6.84. The van der Waals surface area contributed by atoms with Crippen LogP contribution in [0.3, 0.4) is 0 Å². The largest absolute Gasteiger partial charge is 0.490 e. The first kappa shape index (κ1) is 24.5. The number of carbonyl (C=O) groups excluding carboxylic acids is 1. The summed E-state index contributed by atoms with van der Waals surface area (Å²) in [6.45, 7) is 2.61. The minimum Gasteiger partial charge on any atom is -0.490 e. The summed E-state index contributed by atoms with van der Waals surface area (Å²) in [5, 5.41) is 13.5. The van der Waals surface area contributed by atoms with E-state index in [1.165, 1.54) is 6.08 Å². The summed E-state index contributed by atoms with van der Waals surface area (Å²) in [5.41, 5.74) is 1.85. The molecule has 0 aliphatic heterocycles. The lowest BCUT2D eigenvalue weighted by Crippen LogP contribution is -2.13. The number of benzene rings is 3. The summed E-state index contributed by atoms with van der Waals surface area (Å²) >= 11 is 17.8. The molecule has 0 unspecified atom stereocenters. The molecule has 0 bridgehead atoms. The smallest absolute Gasteiger partial charge is 0.266 e. The Morgan fingerprint density at radius 1 is 0.939 bits per heavy atom. The Kier molecular flexibility index (Phi) is 8.62. The first-order valence-corrected chi connectivity index (χ1v) is 11.0. The maximum atomic E-state index is 12.6. The molecule has 0 atom stereocenters. The predicted octanol–water partition coefficient (Wildman–Crippen LogP) is 7.17. The average Bonchev–Trinajstić information content (AvgIpc) is 2.77. The fraction of sp³-hybridized carbons (Fsp3) is 0.120. The molecule has 1 N–H and O–H groups in total. The van der Waals surface area contributed by atoms with E-state index >= 15 is 0 Å². The number of nitrogens with zero attached hydrogens (tertiary/aromatic N) is 1.